The van der Waals surface area contributed by atoms with Crippen molar-refractivity contribution in [2.45, 2.75) is 6.92 Å². The Labute approximate surface area is 200 Å². The normalized spacial score (nSPS) is 11.2. The Hall–Kier alpha value is -4.92. The molecule has 4 N–H and O–H groups in total. The molecule has 5 aromatic heterocycles. The van der Waals surface area contributed by atoms with Crippen molar-refractivity contribution in [3.05, 3.63) is 79.1 Å². The number of imidazole rings is 1. The molecule has 0 aliphatic carbocycles. The Balaban J connectivity index is 1.44. The van der Waals surface area contributed by atoms with E-state index in [1.165, 1.54) is 0 Å². The molecule has 9 heteroatoms. The second-order valence-corrected chi connectivity index (χ2v) is 8.11. The van der Waals surface area contributed by atoms with Gasteiger partial charge in [-0.1, -0.05) is 12.1 Å². The zero-order valence-corrected chi connectivity index (χ0v) is 18.9. The Morgan fingerprint density at radius 3 is 2.66 bits per heavy atom. The minimum atomic E-state index is 0.354. The van der Waals surface area contributed by atoms with Gasteiger partial charge in [0.25, 0.3) is 0 Å². The largest absolute Gasteiger partial charge is 0.370 e. The molecule has 1 aromatic carbocycles. The summed E-state index contributed by atoms with van der Waals surface area (Å²) in [5, 5.41) is 19.8. The number of benzene rings is 1. The van der Waals surface area contributed by atoms with Crippen molar-refractivity contribution in [2.75, 3.05) is 6.54 Å². The summed E-state index contributed by atoms with van der Waals surface area (Å²) in [7, 11) is 0. The molecule has 6 aromatic rings. The Kier molecular flexibility index (Phi) is 4.99. The molecule has 6 rings (SSSR count). The summed E-state index contributed by atoms with van der Waals surface area (Å²) in [6.45, 7) is 2.65. The number of hydrogen-bond acceptors (Lipinski definition) is 6. The minimum Gasteiger partial charge on any atom is -0.370 e. The highest BCUT2D eigenvalue weighted by Crippen LogP contribution is 2.32. The third-order valence-corrected chi connectivity index (χ3v) is 5.87. The number of rotatable bonds is 5. The predicted molar refractivity (Wildman–Crippen MR) is 136 cm³/mol. The zero-order chi connectivity index (χ0) is 23.8. The number of aromatic amines is 2. The number of pyridine rings is 3. The van der Waals surface area contributed by atoms with Crippen LogP contribution < -0.4 is 5.32 Å². The van der Waals surface area contributed by atoms with Gasteiger partial charge in [-0.2, -0.15) is 5.10 Å². The number of nitrogens with zero attached hydrogens (tertiary/aromatic N) is 5. The van der Waals surface area contributed by atoms with Gasteiger partial charge in [-0.3, -0.25) is 25.5 Å². The molecule has 170 valence electrons. The molecule has 0 spiro atoms. The fraction of sp³-hybridized carbons (Fsp3) is 0.0769. The van der Waals surface area contributed by atoms with Crippen molar-refractivity contribution in [2.24, 2.45) is 0 Å². The molecule has 0 amide bonds. The smallest absolute Gasteiger partial charge is 0.159 e. The van der Waals surface area contributed by atoms with Crippen molar-refractivity contribution in [1.82, 2.24) is 40.4 Å². The minimum absolute atomic E-state index is 0.354. The highest BCUT2D eigenvalue weighted by molar-refractivity contribution is 5.99. The molecule has 0 aliphatic rings. The summed E-state index contributed by atoms with van der Waals surface area (Å²) in [4.78, 5) is 21.2. The number of aromatic nitrogens is 7. The summed E-state index contributed by atoms with van der Waals surface area (Å²) < 4.78 is 0. The number of hydrogen-bond donors (Lipinski definition) is 4. The second-order valence-electron chi connectivity index (χ2n) is 8.11. The predicted octanol–water partition coefficient (Wildman–Crippen LogP) is 4.56. The summed E-state index contributed by atoms with van der Waals surface area (Å²) in [6.07, 6.45) is 10.6. The lowest BCUT2D eigenvalue weighted by Gasteiger charge is -2.07. The van der Waals surface area contributed by atoms with Gasteiger partial charge in [-0.05, 0) is 36.8 Å². The van der Waals surface area contributed by atoms with Gasteiger partial charge in [0, 0.05) is 65.2 Å². The lowest BCUT2D eigenvalue weighted by atomic mass is 10.0. The molecule has 0 radical (unpaired) electrons. The third-order valence-electron chi connectivity index (χ3n) is 5.87. The van der Waals surface area contributed by atoms with E-state index in [-0.39, 0.29) is 0 Å². The van der Waals surface area contributed by atoms with Crippen LogP contribution in [0.5, 0.6) is 0 Å². The first-order chi connectivity index (χ1) is 17.2. The zero-order valence-electron chi connectivity index (χ0n) is 18.9. The first-order valence-electron chi connectivity index (χ1n) is 11.2. The van der Waals surface area contributed by atoms with Gasteiger partial charge in [-0.25, -0.2) is 4.98 Å². The van der Waals surface area contributed by atoms with Crippen molar-refractivity contribution in [3.8, 4) is 33.8 Å². The van der Waals surface area contributed by atoms with Gasteiger partial charge in [-0.15, -0.1) is 0 Å². The molecule has 0 saturated heterocycles. The average Bonchev–Trinajstić information content (AvgIpc) is 3.53. The summed E-state index contributed by atoms with van der Waals surface area (Å²) in [6, 6.07) is 11.9. The SMILES string of the molecule is CCNC(=N)c1cncc(-c2ccc3[nH]nc(-c4nc5c(-c6cccnc6)cncc5[nH]4)c3c2)c1. The molecule has 0 bridgehead atoms. The molecule has 0 aliphatic heterocycles. The van der Waals surface area contributed by atoms with E-state index in [9.17, 15) is 0 Å². The van der Waals surface area contributed by atoms with Crippen molar-refractivity contribution in [3.63, 3.8) is 0 Å². The van der Waals surface area contributed by atoms with Crippen molar-refractivity contribution < 1.29 is 0 Å². The van der Waals surface area contributed by atoms with Crippen LogP contribution in [0.3, 0.4) is 0 Å². The van der Waals surface area contributed by atoms with Crippen LogP contribution in [-0.4, -0.2) is 47.5 Å². The number of nitrogens with one attached hydrogen (secondary N) is 4. The van der Waals surface area contributed by atoms with Gasteiger partial charge in [0.05, 0.1) is 17.2 Å². The van der Waals surface area contributed by atoms with Crippen LogP contribution in [0.4, 0.5) is 0 Å². The van der Waals surface area contributed by atoms with Gasteiger partial charge in [0.1, 0.15) is 17.0 Å². The van der Waals surface area contributed by atoms with Gasteiger partial charge in [0.2, 0.25) is 0 Å². The number of H-pyrrole nitrogens is 2. The van der Waals surface area contributed by atoms with E-state index < -0.39 is 0 Å². The van der Waals surface area contributed by atoms with Crippen LogP contribution in [0.1, 0.15) is 12.5 Å². The molecule has 35 heavy (non-hydrogen) atoms. The highest BCUT2D eigenvalue weighted by atomic mass is 15.1. The molecule has 0 atom stereocenters. The monoisotopic (exact) mass is 459 g/mol. The van der Waals surface area contributed by atoms with E-state index in [0.29, 0.717) is 18.2 Å². The van der Waals surface area contributed by atoms with Crippen LogP contribution in [0.15, 0.2) is 73.6 Å². The fourth-order valence-electron chi connectivity index (χ4n) is 4.17. The molecule has 0 fully saturated rings. The number of fused-ring (bicyclic) bond motifs is 2. The lowest BCUT2D eigenvalue weighted by Crippen LogP contribution is -2.22. The van der Waals surface area contributed by atoms with E-state index in [1.54, 1.807) is 37.2 Å². The maximum absolute atomic E-state index is 8.19. The average molecular weight is 460 g/mol. The van der Waals surface area contributed by atoms with Crippen LogP contribution in [-0.2, 0) is 0 Å². The summed E-state index contributed by atoms with van der Waals surface area (Å²) in [5.74, 6) is 1.01. The maximum Gasteiger partial charge on any atom is 0.159 e. The van der Waals surface area contributed by atoms with Crippen LogP contribution in [0.2, 0.25) is 0 Å². The number of amidine groups is 1. The summed E-state index contributed by atoms with van der Waals surface area (Å²) >= 11 is 0. The quantitative estimate of drug-likeness (QED) is 0.221. The van der Waals surface area contributed by atoms with Crippen LogP contribution in [0.25, 0.3) is 55.7 Å². The third kappa shape index (κ3) is 3.68. The fourth-order valence-corrected chi connectivity index (χ4v) is 4.17. The summed E-state index contributed by atoms with van der Waals surface area (Å²) in [5.41, 5.74) is 7.77. The highest BCUT2D eigenvalue weighted by Gasteiger charge is 2.16. The van der Waals surface area contributed by atoms with Crippen molar-refractivity contribution in [1.29, 1.82) is 5.41 Å². The maximum atomic E-state index is 8.19. The topological polar surface area (TPSA) is 132 Å². The van der Waals surface area contributed by atoms with Gasteiger partial charge >= 0.3 is 0 Å². The van der Waals surface area contributed by atoms with E-state index >= 15 is 0 Å². The molecule has 9 nitrogen and oxygen atoms in total. The first kappa shape index (κ1) is 20.7. The van der Waals surface area contributed by atoms with Crippen molar-refractivity contribution >= 4 is 27.8 Å². The Morgan fingerprint density at radius 2 is 1.80 bits per heavy atom. The van der Waals surface area contributed by atoms with E-state index in [0.717, 1.165) is 55.4 Å². The standard InChI is InChI=1S/C26H21N9/c1-2-31-25(27)18-8-17(11-29-12-18)15-5-6-21-19(9-15)24(35-34-21)26-32-22-14-30-13-20(23(22)33-26)16-4-3-7-28-10-16/h3-14H,2H2,1H3,(H2,27,31)(H,32,33)(H,34,35). The van der Waals surface area contributed by atoms with E-state index in [2.05, 4.69) is 41.5 Å². The lowest BCUT2D eigenvalue weighted by molar-refractivity contribution is 0.957. The van der Waals surface area contributed by atoms with E-state index in [4.69, 9.17) is 10.4 Å². The Bertz CT molecular complexity index is 1680. The van der Waals surface area contributed by atoms with Gasteiger partial charge < -0.3 is 10.3 Å². The first-order valence-corrected chi connectivity index (χ1v) is 11.2. The Morgan fingerprint density at radius 1 is 0.914 bits per heavy atom. The molecular formula is C26H21N9. The van der Waals surface area contributed by atoms with Crippen LogP contribution >= 0.6 is 0 Å². The molecule has 0 unspecified atom stereocenters. The molecule has 5 heterocycles. The van der Waals surface area contributed by atoms with Gasteiger partial charge in [0.15, 0.2) is 5.82 Å². The molecule has 0 saturated carbocycles. The van der Waals surface area contributed by atoms with E-state index in [1.807, 2.05) is 37.3 Å². The second kappa shape index (κ2) is 8.45. The van der Waals surface area contributed by atoms with Crippen LogP contribution in [0, 0.1) is 5.41 Å². The molecular weight excluding hydrogens is 438 g/mol.